The molecule has 1 aromatic rings. The van der Waals surface area contributed by atoms with E-state index in [0.29, 0.717) is 6.04 Å². The van der Waals surface area contributed by atoms with Crippen molar-refractivity contribution in [2.75, 3.05) is 67.2 Å². The quantitative estimate of drug-likeness (QED) is 0.578. The molecule has 7 heteroatoms. The Morgan fingerprint density at radius 1 is 1.17 bits per heavy atom. The molecule has 0 aromatic heterocycles. The summed E-state index contributed by atoms with van der Waals surface area (Å²) < 4.78 is 16.3. The van der Waals surface area contributed by atoms with Crippen LogP contribution in [-0.4, -0.2) is 89.0 Å². The Kier molecular flexibility index (Phi) is 7.24. The molecule has 2 aliphatic rings. The first-order chi connectivity index (χ1) is 14.0. The first-order valence-corrected chi connectivity index (χ1v) is 10.5. The van der Waals surface area contributed by atoms with Gasteiger partial charge in [-0.05, 0) is 24.1 Å². The Morgan fingerprint density at radius 3 is 2.55 bits per heavy atom. The van der Waals surface area contributed by atoms with Gasteiger partial charge in [0, 0.05) is 51.2 Å². The second-order valence-corrected chi connectivity index (χ2v) is 8.39. The molecule has 3 rings (SSSR count). The van der Waals surface area contributed by atoms with Crippen molar-refractivity contribution in [2.45, 2.75) is 31.7 Å². The van der Waals surface area contributed by atoms with E-state index < -0.39 is 0 Å². The molecule has 29 heavy (non-hydrogen) atoms. The molecule has 1 atom stereocenters. The van der Waals surface area contributed by atoms with E-state index >= 15 is 0 Å². The molecule has 7 nitrogen and oxygen atoms in total. The maximum atomic E-state index is 5.50. The predicted molar refractivity (Wildman–Crippen MR) is 116 cm³/mol. The summed E-state index contributed by atoms with van der Waals surface area (Å²) in [6, 6.07) is 6.73. The monoisotopic (exact) mass is 404 g/mol. The minimum Gasteiger partial charge on any atom is -0.493 e. The Morgan fingerprint density at radius 2 is 1.90 bits per heavy atom. The molecule has 0 bridgehead atoms. The zero-order valence-electron chi connectivity index (χ0n) is 18.5. The van der Waals surface area contributed by atoms with E-state index in [1.54, 1.807) is 14.2 Å². The van der Waals surface area contributed by atoms with Crippen molar-refractivity contribution in [3.63, 3.8) is 0 Å². The van der Waals surface area contributed by atoms with Crippen LogP contribution in [-0.2, 0) is 10.2 Å². The summed E-state index contributed by atoms with van der Waals surface area (Å²) in [5.41, 5.74) is 1.12. The number of nitrogens with one attached hydrogen (secondary N) is 1. The van der Waals surface area contributed by atoms with Crippen molar-refractivity contribution in [3.05, 3.63) is 23.8 Å². The maximum absolute atomic E-state index is 5.50. The van der Waals surface area contributed by atoms with Crippen molar-refractivity contribution in [1.82, 2.24) is 15.1 Å². The van der Waals surface area contributed by atoms with Crippen molar-refractivity contribution in [1.29, 1.82) is 0 Å². The Labute approximate surface area is 175 Å². The number of ether oxygens (including phenoxy) is 3. The molecular formula is C22H36N4O3. The van der Waals surface area contributed by atoms with Crippen LogP contribution in [0.25, 0.3) is 0 Å². The van der Waals surface area contributed by atoms with Crippen molar-refractivity contribution >= 4 is 5.96 Å². The number of aliphatic imine (C=N–C) groups is 1. The fraction of sp³-hybridized carbons (Fsp3) is 0.682. The van der Waals surface area contributed by atoms with Gasteiger partial charge in [-0.2, -0.15) is 0 Å². The van der Waals surface area contributed by atoms with Gasteiger partial charge >= 0.3 is 0 Å². The van der Waals surface area contributed by atoms with Crippen LogP contribution < -0.4 is 14.8 Å². The van der Waals surface area contributed by atoms with E-state index in [-0.39, 0.29) is 5.41 Å². The average molecular weight is 405 g/mol. The number of nitrogens with zero attached hydrogens (tertiary/aromatic N) is 3. The van der Waals surface area contributed by atoms with Gasteiger partial charge < -0.3 is 24.4 Å². The van der Waals surface area contributed by atoms with Gasteiger partial charge in [0.15, 0.2) is 17.5 Å². The van der Waals surface area contributed by atoms with Crippen molar-refractivity contribution < 1.29 is 14.2 Å². The normalized spacial score (nSPS) is 21.3. The zero-order valence-corrected chi connectivity index (χ0v) is 18.5. The SMILES string of the molecule is CN=C(NCC(C)(C)c1ccc(OC)c(OC)c1)N1CCC(N2CCOCC2)C1. The fourth-order valence-electron chi connectivity index (χ4n) is 4.17. The first kappa shape index (κ1) is 21.7. The third kappa shape index (κ3) is 5.14. The molecule has 2 fully saturated rings. The Hall–Kier alpha value is -1.99. The van der Waals surface area contributed by atoms with Gasteiger partial charge in [-0.25, -0.2) is 0 Å². The van der Waals surface area contributed by atoms with E-state index in [2.05, 4.69) is 46.1 Å². The molecule has 0 saturated carbocycles. The highest BCUT2D eigenvalue weighted by molar-refractivity contribution is 5.80. The Balaban J connectivity index is 1.60. The van der Waals surface area contributed by atoms with Gasteiger partial charge in [0.05, 0.1) is 27.4 Å². The summed E-state index contributed by atoms with van der Waals surface area (Å²) >= 11 is 0. The van der Waals surface area contributed by atoms with Crippen LogP contribution in [0.3, 0.4) is 0 Å². The van der Waals surface area contributed by atoms with Crippen LogP contribution in [0.4, 0.5) is 0 Å². The minimum absolute atomic E-state index is 0.0845. The molecule has 0 radical (unpaired) electrons. The van der Waals surface area contributed by atoms with Crippen LogP contribution >= 0.6 is 0 Å². The van der Waals surface area contributed by atoms with E-state index in [9.17, 15) is 0 Å². The third-order valence-electron chi connectivity index (χ3n) is 6.09. The first-order valence-electron chi connectivity index (χ1n) is 10.5. The zero-order chi connectivity index (χ0) is 20.9. The minimum atomic E-state index is -0.0845. The molecule has 1 N–H and O–H groups in total. The van der Waals surface area contributed by atoms with E-state index in [1.165, 1.54) is 12.0 Å². The lowest BCUT2D eigenvalue weighted by Crippen LogP contribution is -2.48. The highest BCUT2D eigenvalue weighted by atomic mass is 16.5. The van der Waals surface area contributed by atoms with E-state index in [4.69, 9.17) is 14.2 Å². The molecule has 0 amide bonds. The molecule has 2 aliphatic heterocycles. The summed E-state index contributed by atoms with van der Waals surface area (Å²) in [6.07, 6.45) is 1.18. The lowest BCUT2D eigenvalue weighted by molar-refractivity contribution is 0.0195. The van der Waals surface area contributed by atoms with Crippen LogP contribution in [0.15, 0.2) is 23.2 Å². The van der Waals surface area contributed by atoms with Gasteiger partial charge in [0.25, 0.3) is 0 Å². The van der Waals surface area contributed by atoms with E-state index in [1.807, 2.05) is 13.1 Å². The van der Waals surface area contributed by atoms with Crippen molar-refractivity contribution in [3.8, 4) is 11.5 Å². The Bertz CT molecular complexity index is 701. The molecule has 2 heterocycles. The topological polar surface area (TPSA) is 58.6 Å². The number of hydrogen-bond acceptors (Lipinski definition) is 5. The maximum Gasteiger partial charge on any atom is 0.193 e. The van der Waals surface area contributed by atoms with Gasteiger partial charge in [-0.3, -0.25) is 9.89 Å². The highest BCUT2D eigenvalue weighted by Gasteiger charge is 2.31. The standard InChI is InChI=1S/C22H36N4O3/c1-22(2,17-6-7-19(27-4)20(14-17)28-5)16-24-21(23-3)26-9-8-18(15-26)25-10-12-29-13-11-25/h6-7,14,18H,8-13,15-16H2,1-5H3,(H,23,24). The number of methoxy groups -OCH3 is 2. The van der Waals surface area contributed by atoms with Crippen LogP contribution in [0, 0.1) is 0 Å². The summed E-state index contributed by atoms with van der Waals surface area (Å²) in [6.45, 7) is 11.1. The second-order valence-electron chi connectivity index (χ2n) is 8.39. The van der Waals surface area contributed by atoms with Crippen molar-refractivity contribution in [2.24, 2.45) is 4.99 Å². The van der Waals surface area contributed by atoms with Crippen LogP contribution in [0.1, 0.15) is 25.8 Å². The summed E-state index contributed by atoms with van der Waals surface area (Å²) in [5.74, 6) is 2.49. The van der Waals surface area contributed by atoms with Crippen LogP contribution in [0.2, 0.25) is 0 Å². The average Bonchev–Trinajstić information content (AvgIpc) is 3.24. The fourth-order valence-corrected chi connectivity index (χ4v) is 4.17. The molecule has 162 valence electrons. The summed E-state index contributed by atoms with van der Waals surface area (Å²) in [5, 5.41) is 3.60. The number of rotatable bonds is 6. The number of guanidine groups is 1. The largest absolute Gasteiger partial charge is 0.493 e. The molecule has 0 spiro atoms. The summed E-state index contributed by atoms with van der Waals surface area (Å²) in [4.78, 5) is 9.49. The molecule has 1 unspecified atom stereocenters. The second kappa shape index (κ2) is 9.67. The lowest BCUT2D eigenvalue weighted by Gasteiger charge is -2.33. The number of morpholine rings is 1. The highest BCUT2D eigenvalue weighted by Crippen LogP contribution is 2.33. The van der Waals surface area contributed by atoms with Gasteiger partial charge in [-0.1, -0.05) is 19.9 Å². The van der Waals surface area contributed by atoms with E-state index in [0.717, 1.165) is 63.4 Å². The lowest BCUT2D eigenvalue weighted by atomic mass is 9.84. The molecule has 1 aromatic carbocycles. The molecule has 2 saturated heterocycles. The summed E-state index contributed by atoms with van der Waals surface area (Å²) in [7, 11) is 5.20. The van der Waals surface area contributed by atoms with Gasteiger partial charge in [-0.15, -0.1) is 0 Å². The number of benzene rings is 1. The molecular weight excluding hydrogens is 368 g/mol. The van der Waals surface area contributed by atoms with Gasteiger partial charge in [0.2, 0.25) is 0 Å². The molecule has 0 aliphatic carbocycles. The number of likely N-dealkylation sites (tertiary alicyclic amines) is 1. The van der Waals surface area contributed by atoms with Gasteiger partial charge in [0.1, 0.15) is 0 Å². The predicted octanol–water partition coefficient (Wildman–Crippen LogP) is 1.96. The smallest absolute Gasteiger partial charge is 0.193 e. The third-order valence-corrected chi connectivity index (χ3v) is 6.09. The number of hydrogen-bond donors (Lipinski definition) is 1. The van der Waals surface area contributed by atoms with Crippen LogP contribution in [0.5, 0.6) is 11.5 Å².